The first-order valence-corrected chi connectivity index (χ1v) is 11.9. The first kappa shape index (κ1) is 24.8. The van der Waals surface area contributed by atoms with Crippen molar-refractivity contribution in [2.75, 3.05) is 32.1 Å². The fourth-order valence-corrected chi connectivity index (χ4v) is 4.67. The minimum absolute atomic E-state index is 0.104. The van der Waals surface area contributed by atoms with Crippen LogP contribution in [-0.4, -0.2) is 64.3 Å². The zero-order chi connectivity index (χ0) is 24.9. The Labute approximate surface area is 203 Å². The normalized spacial score (nSPS) is 15.4. The number of methoxy groups -OCH3 is 1. The number of carbonyl (C=O) groups is 2. The molecule has 2 amide bonds. The summed E-state index contributed by atoms with van der Waals surface area (Å²) in [6, 6.07) is 9.61. The molecule has 8 nitrogen and oxygen atoms in total. The molecule has 1 atom stereocenters. The number of rotatable bonds is 8. The van der Waals surface area contributed by atoms with Crippen LogP contribution in [0.3, 0.4) is 0 Å². The number of fused-ring (bicyclic) bond motifs is 1. The Morgan fingerprint density at radius 1 is 1.23 bits per heavy atom. The van der Waals surface area contributed by atoms with Crippen molar-refractivity contribution < 1.29 is 23.8 Å². The van der Waals surface area contributed by atoms with Gasteiger partial charge >= 0.3 is 0 Å². The third-order valence-corrected chi connectivity index (χ3v) is 6.56. The molecular formula is C26H31FN4O4. The highest BCUT2D eigenvalue weighted by Gasteiger charge is 2.29. The van der Waals surface area contributed by atoms with Crippen LogP contribution in [0.15, 0.2) is 42.7 Å². The van der Waals surface area contributed by atoms with E-state index in [9.17, 15) is 19.1 Å². The van der Waals surface area contributed by atoms with E-state index >= 15 is 0 Å². The van der Waals surface area contributed by atoms with E-state index in [-0.39, 0.29) is 36.3 Å². The van der Waals surface area contributed by atoms with Crippen LogP contribution in [0.1, 0.15) is 42.1 Å². The van der Waals surface area contributed by atoms with Crippen LogP contribution in [-0.2, 0) is 16.1 Å². The number of hydrogen-bond donors (Lipinski definition) is 2. The van der Waals surface area contributed by atoms with E-state index in [0.717, 1.165) is 18.4 Å². The molecule has 1 aromatic heterocycles. The zero-order valence-corrected chi connectivity index (χ0v) is 20.0. The Kier molecular flexibility index (Phi) is 7.77. The zero-order valence-electron chi connectivity index (χ0n) is 20.0. The molecule has 1 fully saturated rings. The van der Waals surface area contributed by atoms with E-state index in [0.29, 0.717) is 48.3 Å². The number of nitrogens with one attached hydrogen (secondary N) is 1. The number of aliphatic hydroxyl groups is 1. The van der Waals surface area contributed by atoms with Crippen LogP contribution < -0.4 is 5.32 Å². The molecule has 4 rings (SSSR count). The van der Waals surface area contributed by atoms with Crippen molar-refractivity contribution in [2.24, 2.45) is 5.92 Å². The van der Waals surface area contributed by atoms with Crippen LogP contribution in [0.2, 0.25) is 0 Å². The number of halogens is 1. The smallest absolute Gasteiger partial charge is 0.256 e. The number of likely N-dealkylation sites (tertiary alicyclic amines) is 1. The molecule has 1 aliphatic heterocycles. The second-order valence-corrected chi connectivity index (χ2v) is 8.98. The third-order valence-electron chi connectivity index (χ3n) is 6.56. The van der Waals surface area contributed by atoms with Gasteiger partial charge < -0.3 is 24.6 Å². The van der Waals surface area contributed by atoms with Gasteiger partial charge in [-0.3, -0.25) is 9.59 Å². The number of benzene rings is 2. The second kappa shape index (κ2) is 11.0. The lowest BCUT2D eigenvalue weighted by atomic mass is 9.89. The largest absolute Gasteiger partial charge is 0.393 e. The van der Waals surface area contributed by atoms with Crippen molar-refractivity contribution in [2.45, 2.75) is 38.8 Å². The predicted molar refractivity (Wildman–Crippen MR) is 131 cm³/mol. The molecule has 0 spiro atoms. The maximum atomic E-state index is 13.7. The van der Waals surface area contributed by atoms with E-state index in [1.165, 1.54) is 19.2 Å². The molecule has 0 saturated carbocycles. The highest BCUT2D eigenvalue weighted by atomic mass is 19.1. The summed E-state index contributed by atoms with van der Waals surface area (Å²) in [6.45, 7) is 3.37. The van der Waals surface area contributed by atoms with Gasteiger partial charge in [0.05, 0.1) is 29.0 Å². The first-order chi connectivity index (χ1) is 16.9. The summed E-state index contributed by atoms with van der Waals surface area (Å²) in [6.07, 6.45) is 3.47. The topological polar surface area (TPSA) is 96.7 Å². The molecule has 35 heavy (non-hydrogen) atoms. The average molecular weight is 483 g/mol. The fourth-order valence-electron chi connectivity index (χ4n) is 4.67. The minimum Gasteiger partial charge on any atom is -0.393 e. The molecule has 2 aromatic carbocycles. The molecule has 0 radical (unpaired) electrons. The number of amides is 2. The Morgan fingerprint density at radius 3 is 2.60 bits per heavy atom. The van der Waals surface area contributed by atoms with Gasteiger partial charge in [-0.15, -0.1) is 0 Å². The van der Waals surface area contributed by atoms with Gasteiger partial charge in [0.1, 0.15) is 12.4 Å². The van der Waals surface area contributed by atoms with Crippen LogP contribution >= 0.6 is 0 Å². The Balaban J connectivity index is 1.67. The summed E-state index contributed by atoms with van der Waals surface area (Å²) in [5.41, 5.74) is 2.99. The maximum Gasteiger partial charge on any atom is 0.256 e. The van der Waals surface area contributed by atoms with Crippen LogP contribution in [0.5, 0.6) is 0 Å². The number of ether oxygens (including phenoxy) is 1. The SMILES string of the molecule is CCC(O)C1CCN(C(=O)c2cc(NC(=O)COC)cc3ncn(Cc4ccc(F)cc4)c23)CC1. The molecule has 0 aliphatic carbocycles. The Morgan fingerprint density at radius 2 is 1.94 bits per heavy atom. The van der Waals surface area contributed by atoms with Gasteiger partial charge in [-0.2, -0.15) is 0 Å². The predicted octanol–water partition coefficient (Wildman–Crippen LogP) is 3.43. The summed E-state index contributed by atoms with van der Waals surface area (Å²) >= 11 is 0. The number of aliphatic hydroxyl groups excluding tert-OH is 1. The molecule has 186 valence electrons. The van der Waals surface area contributed by atoms with Crippen LogP contribution in [0.4, 0.5) is 10.1 Å². The minimum atomic E-state index is -0.351. The Bertz CT molecular complexity index is 1190. The van der Waals surface area contributed by atoms with Gasteiger partial charge in [0.15, 0.2) is 0 Å². The number of hydrogen-bond acceptors (Lipinski definition) is 5. The number of nitrogens with zero attached hydrogens (tertiary/aromatic N) is 3. The van der Waals surface area contributed by atoms with Gasteiger partial charge in [-0.1, -0.05) is 19.1 Å². The highest BCUT2D eigenvalue weighted by molar-refractivity contribution is 6.07. The molecule has 1 unspecified atom stereocenters. The molecule has 3 aromatic rings. The van der Waals surface area contributed by atoms with Crippen LogP contribution in [0, 0.1) is 11.7 Å². The van der Waals surface area contributed by atoms with E-state index in [2.05, 4.69) is 10.3 Å². The van der Waals surface area contributed by atoms with Gasteiger partial charge in [0.25, 0.3) is 5.91 Å². The molecule has 9 heteroatoms. The number of imidazole rings is 1. The van der Waals surface area contributed by atoms with Crippen molar-refractivity contribution in [3.63, 3.8) is 0 Å². The number of anilines is 1. The highest BCUT2D eigenvalue weighted by Crippen LogP contribution is 2.28. The molecule has 2 heterocycles. The quantitative estimate of drug-likeness (QED) is 0.513. The van der Waals surface area contributed by atoms with Crippen molar-refractivity contribution in [1.29, 1.82) is 0 Å². The van der Waals surface area contributed by atoms with Gasteiger partial charge in [0, 0.05) is 32.4 Å². The van der Waals surface area contributed by atoms with E-state index < -0.39 is 0 Å². The number of piperidine rings is 1. The van der Waals surface area contributed by atoms with Crippen molar-refractivity contribution in [3.8, 4) is 0 Å². The average Bonchev–Trinajstić information content (AvgIpc) is 3.26. The standard InChI is InChI=1S/C26H31FN4O4/c1-3-23(32)18-8-10-30(11-9-18)26(34)21-12-20(29-24(33)15-35-2)13-22-25(21)31(16-28-22)14-17-4-6-19(27)7-5-17/h4-7,12-13,16,18,23,32H,3,8-11,14-15H2,1-2H3,(H,29,33). The molecule has 2 N–H and O–H groups in total. The summed E-state index contributed by atoms with van der Waals surface area (Å²) < 4.78 is 20.1. The second-order valence-electron chi connectivity index (χ2n) is 8.98. The van der Waals surface area contributed by atoms with Gasteiger partial charge in [-0.25, -0.2) is 9.37 Å². The van der Waals surface area contributed by atoms with Crippen LogP contribution in [0.25, 0.3) is 11.0 Å². The summed E-state index contributed by atoms with van der Waals surface area (Å²) in [5.74, 6) is -0.602. The van der Waals surface area contributed by atoms with E-state index in [1.54, 1.807) is 35.5 Å². The van der Waals surface area contributed by atoms with Crippen molar-refractivity contribution >= 4 is 28.5 Å². The molecule has 1 aliphatic rings. The lowest BCUT2D eigenvalue weighted by Crippen LogP contribution is -2.41. The monoisotopic (exact) mass is 482 g/mol. The van der Waals surface area contributed by atoms with Gasteiger partial charge in [0.2, 0.25) is 5.91 Å². The number of carbonyl (C=O) groups excluding carboxylic acids is 2. The van der Waals surface area contributed by atoms with E-state index in [4.69, 9.17) is 4.74 Å². The summed E-state index contributed by atoms with van der Waals surface area (Å²) in [5, 5.41) is 13.0. The lowest BCUT2D eigenvalue weighted by Gasteiger charge is -2.34. The third kappa shape index (κ3) is 5.68. The van der Waals surface area contributed by atoms with Crippen molar-refractivity contribution in [3.05, 3.63) is 59.7 Å². The molecule has 0 bridgehead atoms. The molecular weight excluding hydrogens is 451 g/mol. The number of aromatic nitrogens is 2. The fraction of sp³-hybridized carbons (Fsp3) is 0.423. The summed E-state index contributed by atoms with van der Waals surface area (Å²) in [4.78, 5) is 32.1. The van der Waals surface area contributed by atoms with Gasteiger partial charge in [-0.05, 0) is 55.0 Å². The van der Waals surface area contributed by atoms with Crippen molar-refractivity contribution in [1.82, 2.24) is 14.5 Å². The van der Waals surface area contributed by atoms with E-state index in [1.807, 2.05) is 11.5 Å². The first-order valence-electron chi connectivity index (χ1n) is 11.9. The molecule has 1 saturated heterocycles. The maximum absolute atomic E-state index is 13.7. The summed E-state index contributed by atoms with van der Waals surface area (Å²) in [7, 11) is 1.44. The lowest BCUT2D eigenvalue weighted by molar-refractivity contribution is -0.119. The Hall–Kier alpha value is -3.30.